The van der Waals surface area contributed by atoms with Gasteiger partial charge < -0.3 is 9.73 Å². The lowest BCUT2D eigenvalue weighted by atomic mass is 9.95. The smallest absolute Gasteiger partial charge is 0.103 e. The molecule has 2 heteroatoms. The Hall–Kier alpha value is -1.54. The van der Waals surface area contributed by atoms with Crippen LogP contribution in [0.5, 0.6) is 0 Å². The van der Waals surface area contributed by atoms with Crippen molar-refractivity contribution in [2.45, 2.75) is 39.7 Å². The standard InChI is InChI=1S/C17H23NO/c1-4-18-17(10-9-15-6-5-11-19-15)16-12-13(2)7-8-14(16)3/h5-8,11-12,17-18H,4,9-10H2,1-3H3. The van der Waals surface area contributed by atoms with Crippen LogP contribution in [0.1, 0.15) is 41.8 Å². The molecular formula is C17H23NO. The molecule has 0 fully saturated rings. The van der Waals surface area contributed by atoms with E-state index in [1.165, 1.54) is 16.7 Å². The average Bonchev–Trinajstić information content (AvgIpc) is 2.91. The zero-order chi connectivity index (χ0) is 13.7. The third-order valence-corrected chi connectivity index (χ3v) is 3.52. The van der Waals surface area contributed by atoms with Crippen LogP contribution in [0, 0.1) is 13.8 Å². The van der Waals surface area contributed by atoms with E-state index >= 15 is 0 Å². The fourth-order valence-corrected chi connectivity index (χ4v) is 2.49. The van der Waals surface area contributed by atoms with E-state index in [1.54, 1.807) is 6.26 Å². The first-order valence-electron chi connectivity index (χ1n) is 7.03. The summed E-state index contributed by atoms with van der Waals surface area (Å²) in [5.74, 6) is 1.06. The van der Waals surface area contributed by atoms with Crippen molar-refractivity contribution in [3.8, 4) is 0 Å². The number of benzene rings is 1. The number of hydrogen-bond donors (Lipinski definition) is 1. The Morgan fingerprint density at radius 1 is 1.21 bits per heavy atom. The minimum Gasteiger partial charge on any atom is -0.469 e. The van der Waals surface area contributed by atoms with Crippen LogP contribution >= 0.6 is 0 Å². The van der Waals surface area contributed by atoms with Crippen molar-refractivity contribution in [3.63, 3.8) is 0 Å². The maximum Gasteiger partial charge on any atom is 0.103 e. The maximum absolute atomic E-state index is 5.42. The van der Waals surface area contributed by atoms with Crippen molar-refractivity contribution in [1.29, 1.82) is 0 Å². The molecule has 1 heterocycles. The summed E-state index contributed by atoms with van der Waals surface area (Å²) in [6.07, 6.45) is 3.78. The van der Waals surface area contributed by atoms with E-state index in [9.17, 15) is 0 Å². The number of hydrogen-bond acceptors (Lipinski definition) is 2. The summed E-state index contributed by atoms with van der Waals surface area (Å²) in [5.41, 5.74) is 4.09. The lowest BCUT2D eigenvalue weighted by Gasteiger charge is -2.20. The second kappa shape index (κ2) is 6.58. The highest BCUT2D eigenvalue weighted by molar-refractivity contribution is 5.33. The molecule has 19 heavy (non-hydrogen) atoms. The Bertz CT molecular complexity index is 502. The molecule has 0 saturated heterocycles. The van der Waals surface area contributed by atoms with Gasteiger partial charge in [-0.25, -0.2) is 0 Å². The Morgan fingerprint density at radius 2 is 2.05 bits per heavy atom. The molecule has 2 rings (SSSR count). The lowest BCUT2D eigenvalue weighted by molar-refractivity contribution is 0.457. The van der Waals surface area contributed by atoms with Gasteiger partial charge in [-0.3, -0.25) is 0 Å². The molecule has 0 amide bonds. The zero-order valence-corrected chi connectivity index (χ0v) is 12.1. The first-order chi connectivity index (χ1) is 9.20. The highest BCUT2D eigenvalue weighted by atomic mass is 16.3. The highest BCUT2D eigenvalue weighted by Gasteiger charge is 2.13. The molecule has 102 valence electrons. The number of rotatable bonds is 6. The molecule has 0 aliphatic carbocycles. The van der Waals surface area contributed by atoms with Crippen molar-refractivity contribution >= 4 is 0 Å². The Balaban J connectivity index is 2.12. The van der Waals surface area contributed by atoms with Crippen LogP contribution in [0.15, 0.2) is 41.0 Å². The van der Waals surface area contributed by atoms with E-state index in [1.807, 2.05) is 12.1 Å². The Kier molecular flexibility index (Phi) is 4.80. The Morgan fingerprint density at radius 3 is 2.74 bits per heavy atom. The monoisotopic (exact) mass is 257 g/mol. The van der Waals surface area contributed by atoms with Gasteiger partial charge in [0.25, 0.3) is 0 Å². The minimum atomic E-state index is 0.398. The van der Waals surface area contributed by atoms with E-state index in [0.717, 1.165) is 25.1 Å². The third-order valence-electron chi connectivity index (χ3n) is 3.52. The number of furan rings is 1. The Labute approximate surface area is 115 Å². The van der Waals surface area contributed by atoms with Gasteiger partial charge in [0, 0.05) is 12.5 Å². The summed E-state index contributed by atoms with van der Waals surface area (Å²) in [5, 5.41) is 3.59. The molecule has 0 aliphatic heterocycles. The zero-order valence-electron chi connectivity index (χ0n) is 12.1. The van der Waals surface area contributed by atoms with Crippen LogP contribution in [0.4, 0.5) is 0 Å². The maximum atomic E-state index is 5.42. The molecule has 0 aliphatic rings. The largest absolute Gasteiger partial charge is 0.469 e. The summed E-state index contributed by atoms with van der Waals surface area (Å²) >= 11 is 0. The second-order valence-corrected chi connectivity index (χ2v) is 5.09. The van der Waals surface area contributed by atoms with Crippen molar-refractivity contribution in [1.82, 2.24) is 5.32 Å². The molecule has 0 saturated carbocycles. The summed E-state index contributed by atoms with van der Waals surface area (Å²) in [4.78, 5) is 0. The topological polar surface area (TPSA) is 25.2 Å². The number of aryl methyl sites for hydroxylation is 3. The fraction of sp³-hybridized carbons (Fsp3) is 0.412. The molecule has 2 aromatic rings. The van der Waals surface area contributed by atoms with Crippen molar-refractivity contribution in [2.75, 3.05) is 6.54 Å². The number of nitrogens with one attached hydrogen (secondary N) is 1. The van der Waals surface area contributed by atoms with Crippen LogP contribution in [-0.2, 0) is 6.42 Å². The van der Waals surface area contributed by atoms with Crippen LogP contribution in [-0.4, -0.2) is 6.54 Å². The first-order valence-corrected chi connectivity index (χ1v) is 7.03. The molecule has 1 unspecified atom stereocenters. The molecule has 0 bridgehead atoms. The summed E-state index contributed by atoms with van der Waals surface area (Å²) in [6.45, 7) is 7.48. The van der Waals surface area contributed by atoms with Crippen LogP contribution in [0.25, 0.3) is 0 Å². The van der Waals surface area contributed by atoms with Gasteiger partial charge in [0.1, 0.15) is 5.76 Å². The van der Waals surface area contributed by atoms with E-state index in [4.69, 9.17) is 4.42 Å². The van der Waals surface area contributed by atoms with Crippen molar-refractivity contribution in [2.24, 2.45) is 0 Å². The predicted octanol–water partition coefficient (Wildman–Crippen LogP) is 4.18. The van der Waals surface area contributed by atoms with Crippen molar-refractivity contribution in [3.05, 3.63) is 59.0 Å². The van der Waals surface area contributed by atoms with Crippen molar-refractivity contribution < 1.29 is 4.42 Å². The predicted molar refractivity (Wildman–Crippen MR) is 79.4 cm³/mol. The molecule has 0 spiro atoms. The summed E-state index contributed by atoms with van der Waals surface area (Å²) < 4.78 is 5.42. The highest BCUT2D eigenvalue weighted by Crippen LogP contribution is 2.23. The van der Waals surface area contributed by atoms with E-state index in [2.05, 4.69) is 44.3 Å². The molecule has 1 aromatic heterocycles. The molecule has 1 aromatic carbocycles. The van der Waals surface area contributed by atoms with Gasteiger partial charge in [-0.05, 0) is 50.1 Å². The molecule has 0 radical (unpaired) electrons. The van der Waals surface area contributed by atoms with Gasteiger partial charge >= 0.3 is 0 Å². The van der Waals surface area contributed by atoms with Gasteiger partial charge in [-0.2, -0.15) is 0 Å². The quantitative estimate of drug-likeness (QED) is 0.839. The molecule has 2 nitrogen and oxygen atoms in total. The molecule has 1 N–H and O–H groups in total. The van der Waals surface area contributed by atoms with E-state index in [0.29, 0.717) is 6.04 Å². The summed E-state index contributed by atoms with van der Waals surface area (Å²) in [7, 11) is 0. The van der Waals surface area contributed by atoms with E-state index < -0.39 is 0 Å². The molecule has 1 atom stereocenters. The lowest BCUT2D eigenvalue weighted by Crippen LogP contribution is -2.22. The minimum absolute atomic E-state index is 0.398. The van der Waals surface area contributed by atoms with Crippen LogP contribution < -0.4 is 5.32 Å². The SMILES string of the molecule is CCNC(CCc1ccco1)c1cc(C)ccc1C. The van der Waals surface area contributed by atoms with Gasteiger partial charge in [0.05, 0.1) is 6.26 Å². The van der Waals surface area contributed by atoms with Gasteiger partial charge in [0.15, 0.2) is 0 Å². The van der Waals surface area contributed by atoms with E-state index in [-0.39, 0.29) is 0 Å². The first kappa shape index (κ1) is 13.9. The average molecular weight is 257 g/mol. The summed E-state index contributed by atoms with van der Waals surface area (Å²) in [6, 6.07) is 11.1. The molecular weight excluding hydrogens is 234 g/mol. The van der Waals surface area contributed by atoms with Gasteiger partial charge in [-0.1, -0.05) is 30.7 Å². The van der Waals surface area contributed by atoms with Crippen LogP contribution in [0.3, 0.4) is 0 Å². The second-order valence-electron chi connectivity index (χ2n) is 5.09. The van der Waals surface area contributed by atoms with Crippen LogP contribution in [0.2, 0.25) is 0 Å². The normalized spacial score (nSPS) is 12.6. The fourth-order valence-electron chi connectivity index (χ4n) is 2.49. The van der Waals surface area contributed by atoms with Gasteiger partial charge in [-0.15, -0.1) is 0 Å². The van der Waals surface area contributed by atoms with Gasteiger partial charge in [0.2, 0.25) is 0 Å². The third kappa shape index (κ3) is 3.71.